The Morgan fingerprint density at radius 3 is 2.33 bits per heavy atom. The molecule has 1 saturated heterocycles. The summed E-state index contributed by atoms with van der Waals surface area (Å²) < 4.78 is 4.59. The van der Waals surface area contributed by atoms with Gasteiger partial charge in [0.2, 0.25) is 5.97 Å². The molecule has 0 saturated carbocycles. The Labute approximate surface area is 68.9 Å². The number of hydrogen-bond donors (Lipinski definition) is 6. The van der Waals surface area contributed by atoms with E-state index in [0.29, 0.717) is 0 Å². The fourth-order valence-electron chi connectivity index (χ4n) is 1.02. The maximum Gasteiger partial charge on any atom is 0.228 e. The van der Waals surface area contributed by atoms with E-state index in [9.17, 15) is 0 Å². The molecule has 0 aromatic rings. The third-order valence-corrected chi connectivity index (χ3v) is 1.70. The maximum absolute atomic E-state index is 9.05. The number of aliphatic hydroxyl groups is 3. The fourth-order valence-corrected chi connectivity index (χ4v) is 1.02. The van der Waals surface area contributed by atoms with Gasteiger partial charge in [-0.3, -0.25) is 11.5 Å². The summed E-state index contributed by atoms with van der Waals surface area (Å²) in [6, 6.07) is 0. The first kappa shape index (κ1) is 9.81. The predicted molar refractivity (Wildman–Crippen MR) is 38.2 cm³/mol. The Hall–Kier alpha value is -0.280. The number of rotatable bonds is 3. The molecular formula is C5H13N3O4. The smallest absolute Gasteiger partial charge is 0.228 e. The number of nitrogens with two attached hydrogens (primary N) is 2. The molecule has 1 rings (SSSR count). The van der Waals surface area contributed by atoms with Crippen molar-refractivity contribution in [2.24, 2.45) is 11.5 Å². The topological polar surface area (TPSA) is 134 Å². The minimum atomic E-state index is -2.13. The van der Waals surface area contributed by atoms with E-state index in [1.165, 1.54) is 0 Å². The highest BCUT2D eigenvalue weighted by Crippen LogP contribution is 2.23. The number of ether oxygens (including phenoxy) is 1. The molecule has 0 aromatic carbocycles. The Kier molecular flexibility index (Phi) is 2.36. The van der Waals surface area contributed by atoms with Gasteiger partial charge in [0.15, 0.2) is 6.29 Å². The van der Waals surface area contributed by atoms with Crippen LogP contribution in [0.25, 0.3) is 0 Å². The lowest BCUT2D eigenvalue weighted by atomic mass is 9.96. The second-order valence-electron chi connectivity index (χ2n) is 2.93. The molecule has 8 N–H and O–H groups in total. The third kappa shape index (κ3) is 1.72. The van der Waals surface area contributed by atoms with Crippen LogP contribution in [0.15, 0.2) is 0 Å². The summed E-state index contributed by atoms with van der Waals surface area (Å²) in [4.78, 5) is 0. The molecule has 12 heavy (non-hydrogen) atoms. The van der Waals surface area contributed by atoms with Gasteiger partial charge < -0.3 is 20.1 Å². The summed E-state index contributed by atoms with van der Waals surface area (Å²) in [7, 11) is 0. The van der Waals surface area contributed by atoms with Crippen LogP contribution in [-0.2, 0) is 4.74 Å². The molecule has 0 radical (unpaired) electrons. The standard InChI is InChI=1S/C5H13N3O4/c6-5(7,11)8-4(1-9)2-12-3(4)10/h3,8-11H,1-2,6-7H2. The SMILES string of the molecule is NC(N)(O)NC1(CO)COC1O. The molecule has 0 amide bonds. The van der Waals surface area contributed by atoms with Crippen molar-refractivity contribution in [3.05, 3.63) is 0 Å². The van der Waals surface area contributed by atoms with Gasteiger partial charge in [0.25, 0.3) is 0 Å². The van der Waals surface area contributed by atoms with Crippen molar-refractivity contribution in [1.82, 2.24) is 5.32 Å². The normalized spacial score (nSPS) is 36.2. The van der Waals surface area contributed by atoms with Crippen molar-refractivity contribution in [2.45, 2.75) is 17.8 Å². The zero-order chi connectivity index (χ0) is 9.41. The molecule has 7 nitrogen and oxygen atoms in total. The fraction of sp³-hybridized carbons (Fsp3) is 1.00. The van der Waals surface area contributed by atoms with Gasteiger partial charge in [0.1, 0.15) is 5.54 Å². The quantitative estimate of drug-likeness (QED) is 0.244. The number of aliphatic hydroxyl groups excluding tert-OH is 2. The first-order chi connectivity index (χ1) is 5.40. The average Bonchev–Trinajstić information content (AvgIpc) is 1.95. The third-order valence-electron chi connectivity index (χ3n) is 1.70. The zero-order valence-electron chi connectivity index (χ0n) is 6.40. The van der Waals surface area contributed by atoms with Crippen LogP contribution in [0.4, 0.5) is 0 Å². The van der Waals surface area contributed by atoms with Crippen LogP contribution in [0.5, 0.6) is 0 Å². The number of hydrogen-bond acceptors (Lipinski definition) is 7. The van der Waals surface area contributed by atoms with Crippen LogP contribution in [0.1, 0.15) is 0 Å². The first-order valence-electron chi connectivity index (χ1n) is 3.40. The molecule has 0 aliphatic carbocycles. The molecule has 1 heterocycles. The van der Waals surface area contributed by atoms with E-state index in [-0.39, 0.29) is 6.61 Å². The van der Waals surface area contributed by atoms with Crippen molar-refractivity contribution in [2.75, 3.05) is 13.2 Å². The van der Waals surface area contributed by atoms with E-state index in [1.54, 1.807) is 0 Å². The van der Waals surface area contributed by atoms with Gasteiger partial charge in [-0.05, 0) is 0 Å². The second-order valence-corrected chi connectivity index (χ2v) is 2.93. The van der Waals surface area contributed by atoms with Gasteiger partial charge in [0.05, 0.1) is 13.2 Å². The summed E-state index contributed by atoms with van der Waals surface area (Å²) in [5.41, 5.74) is 8.87. The highest BCUT2D eigenvalue weighted by molar-refractivity contribution is 4.98. The van der Waals surface area contributed by atoms with Crippen LogP contribution in [0, 0.1) is 0 Å². The molecule has 0 spiro atoms. The zero-order valence-corrected chi connectivity index (χ0v) is 6.40. The summed E-state index contributed by atoms with van der Waals surface area (Å²) >= 11 is 0. The highest BCUT2D eigenvalue weighted by atomic mass is 16.6. The average molecular weight is 179 g/mol. The van der Waals surface area contributed by atoms with Crippen LogP contribution in [0.3, 0.4) is 0 Å². The molecular weight excluding hydrogens is 166 g/mol. The molecule has 2 atom stereocenters. The van der Waals surface area contributed by atoms with Crippen molar-refractivity contribution >= 4 is 0 Å². The molecule has 2 unspecified atom stereocenters. The Balaban J connectivity index is 2.57. The lowest BCUT2D eigenvalue weighted by molar-refractivity contribution is -0.280. The molecule has 0 bridgehead atoms. The largest absolute Gasteiger partial charge is 0.394 e. The summed E-state index contributed by atoms with van der Waals surface area (Å²) in [6.07, 6.45) is -1.21. The van der Waals surface area contributed by atoms with Gasteiger partial charge in [-0.25, -0.2) is 5.32 Å². The Morgan fingerprint density at radius 2 is 2.25 bits per heavy atom. The van der Waals surface area contributed by atoms with Crippen molar-refractivity contribution in [1.29, 1.82) is 0 Å². The van der Waals surface area contributed by atoms with Crippen LogP contribution < -0.4 is 16.8 Å². The van der Waals surface area contributed by atoms with E-state index < -0.39 is 24.4 Å². The van der Waals surface area contributed by atoms with Crippen LogP contribution in [0.2, 0.25) is 0 Å². The van der Waals surface area contributed by atoms with E-state index in [2.05, 4.69) is 10.1 Å². The molecule has 1 fully saturated rings. The monoisotopic (exact) mass is 179 g/mol. The minimum Gasteiger partial charge on any atom is -0.394 e. The lowest BCUT2D eigenvalue weighted by Crippen LogP contribution is -2.78. The van der Waals surface area contributed by atoms with Crippen LogP contribution >= 0.6 is 0 Å². The molecule has 1 aliphatic heterocycles. The van der Waals surface area contributed by atoms with Gasteiger partial charge in [-0.2, -0.15) is 0 Å². The minimum absolute atomic E-state index is 0.0430. The van der Waals surface area contributed by atoms with Crippen LogP contribution in [-0.4, -0.2) is 46.3 Å². The van der Waals surface area contributed by atoms with Crippen molar-refractivity contribution in [3.63, 3.8) is 0 Å². The number of nitrogens with one attached hydrogen (secondary N) is 1. The Bertz CT molecular complexity index is 167. The molecule has 72 valence electrons. The molecule has 0 aromatic heterocycles. The first-order valence-corrected chi connectivity index (χ1v) is 3.40. The summed E-state index contributed by atoms with van der Waals surface area (Å²) in [6.45, 7) is -0.383. The van der Waals surface area contributed by atoms with E-state index >= 15 is 0 Å². The lowest BCUT2D eigenvalue weighted by Gasteiger charge is -2.47. The molecule has 7 heteroatoms. The van der Waals surface area contributed by atoms with Crippen molar-refractivity contribution in [3.8, 4) is 0 Å². The highest BCUT2D eigenvalue weighted by Gasteiger charge is 2.50. The van der Waals surface area contributed by atoms with Gasteiger partial charge >= 0.3 is 0 Å². The van der Waals surface area contributed by atoms with Gasteiger partial charge in [-0.15, -0.1) is 0 Å². The predicted octanol–water partition coefficient (Wildman–Crippen LogP) is -3.82. The van der Waals surface area contributed by atoms with Gasteiger partial charge in [-0.1, -0.05) is 0 Å². The van der Waals surface area contributed by atoms with Crippen molar-refractivity contribution < 1.29 is 20.1 Å². The van der Waals surface area contributed by atoms with E-state index in [1.807, 2.05) is 0 Å². The second kappa shape index (κ2) is 2.89. The maximum atomic E-state index is 9.05. The van der Waals surface area contributed by atoms with E-state index in [4.69, 9.17) is 26.8 Å². The summed E-state index contributed by atoms with van der Waals surface area (Å²) in [5, 5.41) is 29.1. The molecule has 1 aliphatic rings. The van der Waals surface area contributed by atoms with E-state index in [0.717, 1.165) is 0 Å². The van der Waals surface area contributed by atoms with Gasteiger partial charge in [0, 0.05) is 0 Å². The summed E-state index contributed by atoms with van der Waals surface area (Å²) in [5.74, 6) is -2.13. The Morgan fingerprint density at radius 1 is 1.67 bits per heavy atom.